The van der Waals surface area contributed by atoms with Gasteiger partial charge >= 0.3 is 0 Å². The Balaban J connectivity index is 1.58. The summed E-state index contributed by atoms with van der Waals surface area (Å²) in [6, 6.07) is 14.3. The fourth-order valence-electron chi connectivity index (χ4n) is 3.76. The largest absolute Gasteiger partial charge is 0.497 e. The van der Waals surface area contributed by atoms with E-state index >= 15 is 0 Å². The fraction of sp³-hybridized carbons (Fsp3) is 0.208. The number of rotatable bonds is 7. The smallest absolute Gasteiger partial charge is 0.271 e. The highest BCUT2D eigenvalue weighted by Gasteiger charge is 2.34. The number of carbonyl (C=O) groups is 1. The van der Waals surface area contributed by atoms with E-state index in [4.69, 9.17) is 32.7 Å². The summed E-state index contributed by atoms with van der Waals surface area (Å²) in [6.07, 6.45) is 0. The molecular weight excluding hydrogens is 545 g/mol. The zero-order valence-corrected chi connectivity index (χ0v) is 21.8. The Morgan fingerprint density at radius 3 is 2.24 bits per heavy atom. The minimum atomic E-state index is -4.24. The molecule has 0 aromatic heterocycles. The number of hydrogen-bond acceptors (Lipinski definition) is 7. The molecule has 1 aliphatic heterocycles. The SMILES string of the molecule is COc1ccc(C(=O)N2CCN(S(=O)(=O)c3cc([N+](=O)[O-])ccc3Oc3cc(Cl)ccc3Cl)CC2)cc1. The van der Waals surface area contributed by atoms with Crippen molar-refractivity contribution in [1.82, 2.24) is 9.21 Å². The van der Waals surface area contributed by atoms with Crippen LogP contribution in [0.1, 0.15) is 10.4 Å². The topological polar surface area (TPSA) is 119 Å². The van der Waals surface area contributed by atoms with Crippen LogP contribution in [0.2, 0.25) is 10.0 Å². The molecule has 0 bridgehead atoms. The first-order valence-corrected chi connectivity index (χ1v) is 13.1. The average molecular weight is 566 g/mol. The van der Waals surface area contributed by atoms with Crippen LogP contribution in [0.5, 0.6) is 17.2 Å². The van der Waals surface area contributed by atoms with E-state index in [1.165, 1.54) is 31.4 Å². The van der Waals surface area contributed by atoms with Gasteiger partial charge in [0.05, 0.1) is 17.1 Å². The Morgan fingerprint density at radius 1 is 0.946 bits per heavy atom. The van der Waals surface area contributed by atoms with Gasteiger partial charge in [0.25, 0.3) is 11.6 Å². The summed E-state index contributed by atoms with van der Waals surface area (Å²) >= 11 is 12.2. The molecule has 1 amide bonds. The first-order valence-electron chi connectivity index (χ1n) is 10.9. The minimum absolute atomic E-state index is 0.00964. The van der Waals surface area contributed by atoms with Crippen molar-refractivity contribution in [1.29, 1.82) is 0 Å². The molecule has 1 aliphatic rings. The number of ether oxygens (including phenoxy) is 2. The Kier molecular flexibility index (Phi) is 7.88. The van der Waals surface area contributed by atoms with E-state index in [0.29, 0.717) is 16.3 Å². The van der Waals surface area contributed by atoms with Gasteiger partial charge in [0.15, 0.2) is 0 Å². The summed E-state index contributed by atoms with van der Waals surface area (Å²) in [4.78, 5) is 24.7. The number of nitrogens with zero attached hydrogens (tertiary/aromatic N) is 3. The highest BCUT2D eigenvalue weighted by molar-refractivity contribution is 7.89. The first-order chi connectivity index (χ1) is 17.6. The maximum Gasteiger partial charge on any atom is 0.271 e. The Hall–Kier alpha value is -3.38. The van der Waals surface area contributed by atoms with E-state index in [0.717, 1.165) is 16.4 Å². The lowest BCUT2D eigenvalue weighted by Gasteiger charge is -2.34. The number of sulfonamides is 1. The molecule has 13 heteroatoms. The zero-order valence-electron chi connectivity index (χ0n) is 19.5. The van der Waals surface area contributed by atoms with E-state index < -0.39 is 25.5 Å². The predicted molar refractivity (Wildman–Crippen MR) is 137 cm³/mol. The van der Waals surface area contributed by atoms with Crippen LogP contribution in [-0.2, 0) is 10.0 Å². The normalized spacial score (nSPS) is 14.3. The van der Waals surface area contributed by atoms with Crippen LogP contribution >= 0.6 is 23.2 Å². The standard InChI is InChI=1S/C24H21Cl2N3O7S/c1-35-19-6-2-16(3-7-19)24(30)27-10-12-28(13-11-27)37(33,34)23-15-18(29(31)32)5-9-21(23)36-22-14-17(25)4-8-20(22)26/h2-9,14-15H,10-13H2,1H3. The molecule has 0 N–H and O–H groups in total. The molecule has 1 fully saturated rings. The van der Waals surface area contributed by atoms with Gasteiger partial charge in [0, 0.05) is 55.0 Å². The second kappa shape index (κ2) is 10.9. The van der Waals surface area contributed by atoms with Gasteiger partial charge in [-0.1, -0.05) is 23.2 Å². The molecule has 0 unspecified atom stereocenters. The second-order valence-electron chi connectivity index (χ2n) is 7.99. The van der Waals surface area contributed by atoms with Crippen molar-refractivity contribution in [3.63, 3.8) is 0 Å². The van der Waals surface area contributed by atoms with Crippen LogP contribution in [-0.4, -0.2) is 61.7 Å². The molecule has 37 heavy (non-hydrogen) atoms. The number of non-ortho nitro benzene ring substituents is 1. The van der Waals surface area contributed by atoms with Crippen LogP contribution in [0.15, 0.2) is 65.6 Å². The third-order valence-corrected chi connectivity index (χ3v) is 8.20. The van der Waals surface area contributed by atoms with Crippen LogP contribution in [0.25, 0.3) is 0 Å². The van der Waals surface area contributed by atoms with E-state index in [1.54, 1.807) is 29.2 Å². The monoisotopic (exact) mass is 565 g/mol. The molecule has 3 aromatic carbocycles. The molecule has 10 nitrogen and oxygen atoms in total. The first kappa shape index (κ1) is 26.7. The maximum atomic E-state index is 13.6. The Bertz CT molecular complexity index is 1440. The molecule has 3 aromatic rings. The van der Waals surface area contributed by atoms with Crippen molar-refractivity contribution in [2.75, 3.05) is 33.3 Å². The Morgan fingerprint density at radius 2 is 1.62 bits per heavy atom. The van der Waals surface area contributed by atoms with Crippen molar-refractivity contribution in [3.8, 4) is 17.2 Å². The van der Waals surface area contributed by atoms with Gasteiger partial charge in [-0.3, -0.25) is 14.9 Å². The lowest BCUT2D eigenvalue weighted by molar-refractivity contribution is -0.385. The molecule has 0 radical (unpaired) electrons. The van der Waals surface area contributed by atoms with E-state index in [2.05, 4.69) is 0 Å². The highest BCUT2D eigenvalue weighted by Crippen LogP contribution is 2.37. The van der Waals surface area contributed by atoms with Gasteiger partial charge in [0.2, 0.25) is 10.0 Å². The quantitative estimate of drug-likeness (QED) is 0.296. The van der Waals surface area contributed by atoms with Gasteiger partial charge < -0.3 is 14.4 Å². The number of methoxy groups -OCH3 is 1. The second-order valence-corrected chi connectivity index (χ2v) is 10.7. The number of piperazine rings is 1. The van der Waals surface area contributed by atoms with Crippen molar-refractivity contribution in [3.05, 3.63) is 86.4 Å². The number of hydrogen-bond donors (Lipinski definition) is 0. The average Bonchev–Trinajstić information content (AvgIpc) is 2.90. The number of benzene rings is 3. The summed E-state index contributed by atoms with van der Waals surface area (Å²) < 4.78 is 39.2. The molecule has 0 aliphatic carbocycles. The van der Waals surface area contributed by atoms with Crippen molar-refractivity contribution < 1.29 is 27.6 Å². The molecule has 0 spiro atoms. The molecular formula is C24H21Cl2N3O7S. The third kappa shape index (κ3) is 5.80. The van der Waals surface area contributed by atoms with E-state index in [-0.39, 0.29) is 48.6 Å². The van der Waals surface area contributed by atoms with E-state index in [9.17, 15) is 23.3 Å². The van der Waals surface area contributed by atoms with Crippen LogP contribution in [0.4, 0.5) is 5.69 Å². The number of nitro benzene ring substituents is 1. The fourth-order valence-corrected chi connectivity index (χ4v) is 5.63. The lowest BCUT2D eigenvalue weighted by atomic mass is 10.2. The van der Waals surface area contributed by atoms with Gasteiger partial charge in [-0.2, -0.15) is 4.31 Å². The summed E-state index contributed by atoms with van der Waals surface area (Å²) in [7, 11) is -2.72. The summed E-state index contributed by atoms with van der Waals surface area (Å²) in [5.41, 5.74) is 0.0290. The Labute approximate surface area is 223 Å². The van der Waals surface area contributed by atoms with Crippen LogP contribution in [0.3, 0.4) is 0 Å². The van der Waals surface area contributed by atoms with Crippen molar-refractivity contribution >= 4 is 44.8 Å². The van der Waals surface area contributed by atoms with Gasteiger partial charge in [-0.25, -0.2) is 8.42 Å². The van der Waals surface area contributed by atoms with Crippen molar-refractivity contribution in [2.45, 2.75) is 4.90 Å². The van der Waals surface area contributed by atoms with Gasteiger partial charge in [-0.15, -0.1) is 0 Å². The van der Waals surface area contributed by atoms with Gasteiger partial charge in [-0.05, 0) is 42.5 Å². The van der Waals surface area contributed by atoms with Crippen LogP contribution < -0.4 is 9.47 Å². The molecule has 1 saturated heterocycles. The minimum Gasteiger partial charge on any atom is -0.497 e. The molecule has 0 atom stereocenters. The van der Waals surface area contributed by atoms with Crippen molar-refractivity contribution in [2.24, 2.45) is 0 Å². The number of carbonyl (C=O) groups excluding carboxylic acids is 1. The number of amides is 1. The summed E-state index contributed by atoms with van der Waals surface area (Å²) in [5.74, 6) is 0.317. The highest BCUT2D eigenvalue weighted by atomic mass is 35.5. The lowest BCUT2D eigenvalue weighted by Crippen LogP contribution is -2.50. The molecule has 194 valence electrons. The molecule has 0 saturated carbocycles. The number of halogens is 2. The van der Waals surface area contributed by atoms with Gasteiger partial charge in [0.1, 0.15) is 22.1 Å². The zero-order chi connectivity index (χ0) is 26.7. The molecule has 4 rings (SSSR count). The maximum absolute atomic E-state index is 13.6. The molecule has 1 heterocycles. The summed E-state index contributed by atoms with van der Waals surface area (Å²) in [5, 5.41) is 11.9. The summed E-state index contributed by atoms with van der Waals surface area (Å²) in [6.45, 7) is 0.249. The number of nitro groups is 1. The third-order valence-electron chi connectivity index (χ3n) is 5.73. The van der Waals surface area contributed by atoms with E-state index in [1.807, 2.05) is 0 Å². The predicted octanol–water partition coefficient (Wildman–Crippen LogP) is 4.85. The van der Waals surface area contributed by atoms with Crippen LogP contribution in [0, 0.1) is 10.1 Å².